The standard InChI is InChI=1S/C12H12N2O2/c1-8-3-5-10(7-13-8)14-9(2)4-6-11(14)12(15)16/h3-7H,1-2H3,(H,15,16). The van der Waals surface area contributed by atoms with Crippen molar-refractivity contribution in [2.45, 2.75) is 13.8 Å². The zero-order valence-electron chi connectivity index (χ0n) is 9.14. The van der Waals surface area contributed by atoms with Crippen LogP contribution in [-0.4, -0.2) is 20.6 Å². The van der Waals surface area contributed by atoms with E-state index in [-0.39, 0.29) is 5.69 Å². The molecule has 2 aromatic rings. The number of aryl methyl sites for hydroxylation is 2. The fraction of sp³-hybridized carbons (Fsp3) is 0.167. The first-order valence-electron chi connectivity index (χ1n) is 4.94. The fourth-order valence-electron chi connectivity index (χ4n) is 1.64. The van der Waals surface area contributed by atoms with Crippen LogP contribution < -0.4 is 0 Å². The number of carbonyl (C=O) groups is 1. The van der Waals surface area contributed by atoms with Crippen molar-refractivity contribution in [2.75, 3.05) is 0 Å². The highest BCUT2D eigenvalue weighted by molar-refractivity contribution is 5.87. The number of pyridine rings is 1. The maximum absolute atomic E-state index is 11.0. The topological polar surface area (TPSA) is 55.1 Å². The number of aromatic nitrogens is 2. The van der Waals surface area contributed by atoms with Gasteiger partial charge in [-0.3, -0.25) is 4.98 Å². The monoisotopic (exact) mass is 216 g/mol. The van der Waals surface area contributed by atoms with E-state index in [0.717, 1.165) is 17.1 Å². The smallest absolute Gasteiger partial charge is 0.352 e. The van der Waals surface area contributed by atoms with Gasteiger partial charge in [-0.1, -0.05) is 0 Å². The summed E-state index contributed by atoms with van der Waals surface area (Å²) < 4.78 is 1.68. The summed E-state index contributed by atoms with van der Waals surface area (Å²) in [6, 6.07) is 7.10. The molecule has 2 rings (SSSR count). The lowest BCUT2D eigenvalue weighted by molar-refractivity contribution is 0.0688. The molecule has 0 amide bonds. The van der Waals surface area contributed by atoms with Crippen molar-refractivity contribution in [3.63, 3.8) is 0 Å². The summed E-state index contributed by atoms with van der Waals surface area (Å²) in [4.78, 5) is 15.2. The van der Waals surface area contributed by atoms with E-state index < -0.39 is 5.97 Å². The van der Waals surface area contributed by atoms with Gasteiger partial charge in [0.1, 0.15) is 5.69 Å². The van der Waals surface area contributed by atoms with Crippen LogP contribution in [0.3, 0.4) is 0 Å². The highest BCUT2D eigenvalue weighted by atomic mass is 16.4. The van der Waals surface area contributed by atoms with E-state index in [1.807, 2.05) is 26.0 Å². The molecule has 0 aliphatic carbocycles. The number of carboxylic acids is 1. The molecule has 4 heteroatoms. The predicted molar refractivity (Wildman–Crippen MR) is 60.0 cm³/mol. The molecule has 0 fully saturated rings. The van der Waals surface area contributed by atoms with Crippen LogP contribution in [-0.2, 0) is 0 Å². The van der Waals surface area contributed by atoms with Crippen LogP contribution in [0.25, 0.3) is 5.69 Å². The Morgan fingerprint density at radius 3 is 2.56 bits per heavy atom. The van der Waals surface area contributed by atoms with Gasteiger partial charge in [-0.25, -0.2) is 4.79 Å². The Balaban J connectivity index is 2.58. The van der Waals surface area contributed by atoms with Gasteiger partial charge in [0.05, 0.1) is 11.9 Å². The second kappa shape index (κ2) is 3.81. The first-order valence-corrected chi connectivity index (χ1v) is 4.94. The lowest BCUT2D eigenvalue weighted by atomic mass is 10.3. The molecule has 0 atom stereocenters. The number of nitrogens with zero attached hydrogens (tertiary/aromatic N) is 2. The highest BCUT2D eigenvalue weighted by Crippen LogP contribution is 2.16. The summed E-state index contributed by atoms with van der Waals surface area (Å²) in [6.07, 6.45) is 1.68. The quantitative estimate of drug-likeness (QED) is 0.837. The van der Waals surface area contributed by atoms with Crippen LogP contribution in [0.5, 0.6) is 0 Å². The third-order valence-corrected chi connectivity index (χ3v) is 2.45. The Bertz CT molecular complexity index is 526. The van der Waals surface area contributed by atoms with Crippen LogP contribution >= 0.6 is 0 Å². The number of rotatable bonds is 2. The van der Waals surface area contributed by atoms with Gasteiger partial charge in [0.25, 0.3) is 0 Å². The van der Waals surface area contributed by atoms with Crippen LogP contribution in [0.2, 0.25) is 0 Å². The van der Waals surface area contributed by atoms with Crippen LogP contribution in [0.4, 0.5) is 0 Å². The van der Waals surface area contributed by atoms with E-state index >= 15 is 0 Å². The maximum Gasteiger partial charge on any atom is 0.352 e. The van der Waals surface area contributed by atoms with E-state index in [1.54, 1.807) is 22.9 Å². The van der Waals surface area contributed by atoms with Crippen molar-refractivity contribution in [1.82, 2.24) is 9.55 Å². The first-order chi connectivity index (χ1) is 7.59. The van der Waals surface area contributed by atoms with Gasteiger partial charge in [0.2, 0.25) is 0 Å². The molecule has 0 radical (unpaired) electrons. The molecule has 0 aromatic carbocycles. The van der Waals surface area contributed by atoms with Crippen molar-refractivity contribution < 1.29 is 9.90 Å². The number of aromatic carboxylic acids is 1. The highest BCUT2D eigenvalue weighted by Gasteiger charge is 2.13. The van der Waals surface area contributed by atoms with E-state index in [1.165, 1.54) is 0 Å². The fourth-order valence-corrected chi connectivity index (χ4v) is 1.64. The summed E-state index contributed by atoms with van der Waals surface area (Å²) in [5.74, 6) is -0.936. The summed E-state index contributed by atoms with van der Waals surface area (Å²) in [5, 5.41) is 9.05. The van der Waals surface area contributed by atoms with E-state index in [9.17, 15) is 4.79 Å². The predicted octanol–water partition coefficient (Wildman–Crippen LogP) is 2.19. The Labute approximate surface area is 93.2 Å². The van der Waals surface area contributed by atoms with E-state index in [4.69, 9.17) is 5.11 Å². The molecule has 0 spiro atoms. The minimum atomic E-state index is -0.936. The summed E-state index contributed by atoms with van der Waals surface area (Å²) in [7, 11) is 0. The van der Waals surface area contributed by atoms with Gasteiger partial charge in [-0.2, -0.15) is 0 Å². The molecule has 16 heavy (non-hydrogen) atoms. The lowest BCUT2D eigenvalue weighted by Gasteiger charge is -2.08. The molecule has 0 unspecified atom stereocenters. The Morgan fingerprint density at radius 1 is 1.25 bits per heavy atom. The van der Waals surface area contributed by atoms with Gasteiger partial charge in [0.15, 0.2) is 0 Å². The lowest BCUT2D eigenvalue weighted by Crippen LogP contribution is -2.08. The third kappa shape index (κ3) is 1.69. The number of hydrogen-bond acceptors (Lipinski definition) is 2. The molecule has 0 aliphatic heterocycles. The summed E-state index contributed by atoms with van der Waals surface area (Å²) in [6.45, 7) is 3.76. The van der Waals surface area contributed by atoms with Crippen LogP contribution in [0, 0.1) is 13.8 Å². The molecule has 82 valence electrons. The van der Waals surface area contributed by atoms with Gasteiger partial charge in [-0.05, 0) is 38.1 Å². The zero-order valence-corrected chi connectivity index (χ0v) is 9.14. The molecule has 0 bridgehead atoms. The third-order valence-electron chi connectivity index (χ3n) is 2.45. The van der Waals surface area contributed by atoms with Crippen molar-refractivity contribution >= 4 is 5.97 Å². The molecular weight excluding hydrogens is 204 g/mol. The Hall–Kier alpha value is -2.10. The number of hydrogen-bond donors (Lipinski definition) is 1. The minimum absolute atomic E-state index is 0.253. The molecule has 2 aromatic heterocycles. The van der Waals surface area contributed by atoms with Crippen molar-refractivity contribution in [3.8, 4) is 5.69 Å². The normalized spacial score (nSPS) is 10.4. The molecular formula is C12H12N2O2. The molecule has 0 saturated heterocycles. The van der Waals surface area contributed by atoms with Gasteiger partial charge in [0, 0.05) is 11.4 Å². The Kier molecular flexibility index (Phi) is 2.48. The molecule has 2 heterocycles. The molecule has 1 N–H and O–H groups in total. The van der Waals surface area contributed by atoms with Crippen molar-refractivity contribution in [1.29, 1.82) is 0 Å². The maximum atomic E-state index is 11.0. The number of carboxylic acid groups (broad SMARTS) is 1. The molecule has 0 aliphatic rings. The van der Waals surface area contributed by atoms with E-state index in [2.05, 4.69) is 4.98 Å². The van der Waals surface area contributed by atoms with Crippen LogP contribution in [0.15, 0.2) is 30.5 Å². The summed E-state index contributed by atoms with van der Waals surface area (Å²) in [5.41, 5.74) is 2.81. The zero-order chi connectivity index (χ0) is 11.7. The van der Waals surface area contributed by atoms with Gasteiger partial charge < -0.3 is 9.67 Å². The second-order valence-corrected chi connectivity index (χ2v) is 3.66. The SMILES string of the molecule is Cc1ccc(-n2c(C)ccc2C(=O)O)cn1. The molecule has 4 nitrogen and oxygen atoms in total. The Morgan fingerprint density at radius 2 is 2.00 bits per heavy atom. The average Bonchev–Trinajstić information content (AvgIpc) is 2.62. The largest absolute Gasteiger partial charge is 0.477 e. The minimum Gasteiger partial charge on any atom is -0.477 e. The van der Waals surface area contributed by atoms with E-state index in [0.29, 0.717) is 0 Å². The van der Waals surface area contributed by atoms with Gasteiger partial charge >= 0.3 is 5.97 Å². The molecule has 0 saturated carbocycles. The first kappa shape index (κ1) is 10.4. The second-order valence-electron chi connectivity index (χ2n) is 3.66. The van der Waals surface area contributed by atoms with Gasteiger partial charge in [-0.15, -0.1) is 0 Å². The average molecular weight is 216 g/mol. The summed E-state index contributed by atoms with van der Waals surface area (Å²) >= 11 is 0. The van der Waals surface area contributed by atoms with Crippen LogP contribution in [0.1, 0.15) is 21.9 Å². The van der Waals surface area contributed by atoms with Crippen molar-refractivity contribution in [2.24, 2.45) is 0 Å². The van der Waals surface area contributed by atoms with Crippen molar-refractivity contribution in [3.05, 3.63) is 47.5 Å².